The molecule has 0 aliphatic heterocycles. The second-order valence-electron chi connectivity index (χ2n) is 5.15. The molecule has 0 spiro atoms. The molecular weight excluding hydrogens is 168 g/mol. The first-order chi connectivity index (χ1) is 6.72. The molecule has 0 fully saturated rings. The number of hydrogen-bond acceptors (Lipinski definition) is 0. The van der Waals surface area contributed by atoms with Crippen LogP contribution in [0.15, 0.2) is 11.6 Å². The SMILES string of the molecule is CCCCC(C)CC1=CC(C)CCC1. The van der Waals surface area contributed by atoms with Crippen LogP contribution in [0.4, 0.5) is 0 Å². The summed E-state index contributed by atoms with van der Waals surface area (Å²) in [6, 6.07) is 0. The van der Waals surface area contributed by atoms with Crippen molar-refractivity contribution >= 4 is 0 Å². The molecule has 0 nitrogen and oxygen atoms in total. The molecule has 0 amide bonds. The van der Waals surface area contributed by atoms with Gasteiger partial charge >= 0.3 is 0 Å². The van der Waals surface area contributed by atoms with Gasteiger partial charge in [0.25, 0.3) is 0 Å². The van der Waals surface area contributed by atoms with Gasteiger partial charge in [0.15, 0.2) is 0 Å². The summed E-state index contributed by atoms with van der Waals surface area (Å²) in [5, 5.41) is 0. The lowest BCUT2D eigenvalue weighted by Crippen LogP contribution is -2.04. The van der Waals surface area contributed by atoms with Crippen LogP contribution in [-0.2, 0) is 0 Å². The Bertz CT molecular complexity index is 178. The van der Waals surface area contributed by atoms with Crippen LogP contribution in [0.3, 0.4) is 0 Å². The summed E-state index contributed by atoms with van der Waals surface area (Å²) < 4.78 is 0. The minimum atomic E-state index is 0.845. The van der Waals surface area contributed by atoms with E-state index in [2.05, 4.69) is 26.8 Å². The maximum absolute atomic E-state index is 2.53. The highest BCUT2D eigenvalue weighted by molar-refractivity contribution is 5.07. The van der Waals surface area contributed by atoms with Gasteiger partial charge in [-0.2, -0.15) is 0 Å². The number of unbranched alkanes of at least 4 members (excludes halogenated alkanes) is 1. The van der Waals surface area contributed by atoms with Crippen molar-refractivity contribution in [1.29, 1.82) is 0 Å². The van der Waals surface area contributed by atoms with Crippen LogP contribution in [-0.4, -0.2) is 0 Å². The highest BCUT2D eigenvalue weighted by atomic mass is 14.2. The van der Waals surface area contributed by atoms with Gasteiger partial charge in [-0.15, -0.1) is 0 Å². The molecule has 14 heavy (non-hydrogen) atoms. The number of rotatable bonds is 5. The monoisotopic (exact) mass is 194 g/mol. The molecule has 0 aromatic heterocycles. The van der Waals surface area contributed by atoms with E-state index in [-0.39, 0.29) is 0 Å². The zero-order valence-corrected chi connectivity index (χ0v) is 10.2. The van der Waals surface area contributed by atoms with Crippen LogP contribution in [0.5, 0.6) is 0 Å². The summed E-state index contributed by atoms with van der Waals surface area (Å²) in [5.41, 5.74) is 1.74. The Morgan fingerprint density at radius 3 is 2.93 bits per heavy atom. The van der Waals surface area contributed by atoms with Crippen molar-refractivity contribution in [3.63, 3.8) is 0 Å². The van der Waals surface area contributed by atoms with Gasteiger partial charge in [-0.05, 0) is 37.5 Å². The Hall–Kier alpha value is -0.260. The largest absolute Gasteiger partial charge is 0.0825 e. The molecule has 0 saturated carbocycles. The molecule has 1 aliphatic carbocycles. The van der Waals surface area contributed by atoms with Gasteiger partial charge < -0.3 is 0 Å². The quantitative estimate of drug-likeness (QED) is 0.543. The van der Waals surface area contributed by atoms with Gasteiger partial charge in [0.05, 0.1) is 0 Å². The Balaban J connectivity index is 2.28. The fourth-order valence-corrected chi connectivity index (χ4v) is 2.49. The van der Waals surface area contributed by atoms with Crippen molar-refractivity contribution in [3.05, 3.63) is 11.6 Å². The lowest BCUT2D eigenvalue weighted by Gasteiger charge is -2.20. The van der Waals surface area contributed by atoms with Gasteiger partial charge in [0, 0.05) is 0 Å². The molecule has 0 N–H and O–H groups in total. The first kappa shape index (κ1) is 11.8. The molecule has 82 valence electrons. The molecule has 0 bridgehead atoms. The minimum absolute atomic E-state index is 0.845. The third-order valence-corrected chi connectivity index (χ3v) is 3.34. The topological polar surface area (TPSA) is 0 Å². The van der Waals surface area contributed by atoms with Crippen LogP contribution >= 0.6 is 0 Å². The van der Waals surface area contributed by atoms with E-state index < -0.39 is 0 Å². The summed E-state index contributed by atoms with van der Waals surface area (Å²) in [6.07, 6.45) is 12.3. The van der Waals surface area contributed by atoms with E-state index in [1.807, 2.05) is 0 Å². The smallest absolute Gasteiger partial charge is 0.0259 e. The predicted molar refractivity (Wildman–Crippen MR) is 64.4 cm³/mol. The van der Waals surface area contributed by atoms with Crippen molar-refractivity contribution in [2.45, 2.75) is 65.7 Å². The maximum atomic E-state index is 2.53. The van der Waals surface area contributed by atoms with Crippen molar-refractivity contribution in [3.8, 4) is 0 Å². The van der Waals surface area contributed by atoms with Crippen molar-refractivity contribution in [2.75, 3.05) is 0 Å². The van der Waals surface area contributed by atoms with E-state index in [1.54, 1.807) is 5.57 Å². The zero-order chi connectivity index (χ0) is 10.4. The Labute approximate surface area is 89.8 Å². The number of hydrogen-bond donors (Lipinski definition) is 0. The van der Waals surface area contributed by atoms with Gasteiger partial charge in [-0.3, -0.25) is 0 Å². The molecule has 0 aromatic rings. The van der Waals surface area contributed by atoms with Crippen LogP contribution in [0, 0.1) is 11.8 Å². The van der Waals surface area contributed by atoms with E-state index in [1.165, 1.54) is 44.9 Å². The highest BCUT2D eigenvalue weighted by Gasteiger charge is 2.11. The van der Waals surface area contributed by atoms with Gasteiger partial charge in [0.2, 0.25) is 0 Å². The van der Waals surface area contributed by atoms with Crippen molar-refractivity contribution in [2.24, 2.45) is 11.8 Å². The minimum Gasteiger partial charge on any atom is -0.0825 e. The normalized spacial score (nSPS) is 24.5. The van der Waals surface area contributed by atoms with Crippen LogP contribution in [0.25, 0.3) is 0 Å². The molecule has 0 heterocycles. The molecule has 0 heteroatoms. The Morgan fingerprint density at radius 1 is 1.50 bits per heavy atom. The third kappa shape index (κ3) is 4.30. The van der Waals surface area contributed by atoms with Crippen molar-refractivity contribution < 1.29 is 0 Å². The van der Waals surface area contributed by atoms with Gasteiger partial charge in [0.1, 0.15) is 0 Å². The molecule has 2 atom stereocenters. The summed E-state index contributed by atoms with van der Waals surface area (Å²) in [7, 11) is 0. The third-order valence-electron chi connectivity index (χ3n) is 3.34. The van der Waals surface area contributed by atoms with Crippen molar-refractivity contribution in [1.82, 2.24) is 0 Å². The predicted octanol–water partition coefficient (Wildman–Crippen LogP) is 4.95. The molecule has 1 aliphatic rings. The summed E-state index contributed by atoms with van der Waals surface area (Å²) >= 11 is 0. The molecule has 0 aromatic carbocycles. The second kappa shape index (κ2) is 6.27. The maximum Gasteiger partial charge on any atom is -0.0259 e. The molecule has 1 rings (SSSR count). The van der Waals surface area contributed by atoms with Gasteiger partial charge in [-0.1, -0.05) is 51.7 Å². The first-order valence-corrected chi connectivity index (χ1v) is 6.42. The summed E-state index contributed by atoms with van der Waals surface area (Å²) in [4.78, 5) is 0. The Morgan fingerprint density at radius 2 is 2.29 bits per heavy atom. The second-order valence-corrected chi connectivity index (χ2v) is 5.15. The molecule has 0 radical (unpaired) electrons. The highest BCUT2D eigenvalue weighted by Crippen LogP contribution is 2.28. The fraction of sp³-hybridized carbons (Fsp3) is 0.857. The molecule has 0 saturated heterocycles. The fourth-order valence-electron chi connectivity index (χ4n) is 2.49. The lowest BCUT2D eigenvalue weighted by molar-refractivity contribution is 0.473. The van der Waals surface area contributed by atoms with Gasteiger partial charge in [-0.25, -0.2) is 0 Å². The van der Waals surface area contributed by atoms with Crippen LogP contribution in [0.2, 0.25) is 0 Å². The van der Waals surface area contributed by atoms with Crippen LogP contribution in [0.1, 0.15) is 65.7 Å². The average Bonchev–Trinajstić information content (AvgIpc) is 2.15. The number of allylic oxidation sites excluding steroid dienone is 2. The van der Waals surface area contributed by atoms with Crippen LogP contribution < -0.4 is 0 Å². The van der Waals surface area contributed by atoms with E-state index >= 15 is 0 Å². The summed E-state index contributed by atoms with van der Waals surface area (Å²) in [6.45, 7) is 7.06. The molecule has 2 unspecified atom stereocenters. The van der Waals surface area contributed by atoms with E-state index in [0.29, 0.717) is 0 Å². The zero-order valence-electron chi connectivity index (χ0n) is 10.2. The molecular formula is C14H26. The van der Waals surface area contributed by atoms with E-state index in [0.717, 1.165) is 11.8 Å². The lowest BCUT2D eigenvalue weighted by atomic mass is 9.86. The average molecular weight is 194 g/mol. The first-order valence-electron chi connectivity index (χ1n) is 6.42. The van der Waals surface area contributed by atoms with E-state index in [4.69, 9.17) is 0 Å². The van der Waals surface area contributed by atoms with E-state index in [9.17, 15) is 0 Å². The summed E-state index contributed by atoms with van der Waals surface area (Å²) in [5.74, 6) is 1.75. The standard InChI is InChI=1S/C14H26/c1-4-5-7-12(2)10-14-9-6-8-13(3)11-14/h11-13H,4-10H2,1-3H3. The Kier molecular flexibility index (Phi) is 5.29.